The average Bonchev–Trinajstić information content (AvgIpc) is 2.82. The van der Waals surface area contributed by atoms with Crippen LogP contribution in [-0.4, -0.2) is 39.7 Å². The van der Waals surface area contributed by atoms with Crippen LogP contribution in [0.1, 0.15) is 0 Å². The van der Waals surface area contributed by atoms with E-state index in [1.54, 1.807) is 0 Å². The topological polar surface area (TPSA) is 69.6 Å². The molecule has 1 unspecified atom stereocenters. The maximum atomic E-state index is 13.5. The summed E-state index contributed by atoms with van der Waals surface area (Å²) in [5.74, 6) is -1.15. The predicted octanol–water partition coefficient (Wildman–Crippen LogP) is 2.47. The van der Waals surface area contributed by atoms with Crippen LogP contribution in [0, 0.1) is 5.82 Å². The van der Waals surface area contributed by atoms with Gasteiger partial charge in [0.2, 0.25) is 0 Å². The normalized spacial score (nSPS) is 18.4. The molecule has 1 aromatic carbocycles. The van der Waals surface area contributed by atoms with Crippen molar-refractivity contribution in [2.45, 2.75) is 6.04 Å². The molecule has 102 valence electrons. The second-order valence-electron chi connectivity index (χ2n) is 3.88. The molecule has 2 amide bonds. The van der Waals surface area contributed by atoms with Crippen molar-refractivity contribution in [2.24, 2.45) is 0 Å². The number of amides is 2. The summed E-state index contributed by atoms with van der Waals surface area (Å²) in [6.07, 6.45) is 0. The number of carboxylic acid groups (broad SMARTS) is 1. The molecule has 0 saturated carbocycles. The van der Waals surface area contributed by atoms with Crippen molar-refractivity contribution in [3.63, 3.8) is 0 Å². The number of carbonyl (C=O) groups is 2. The van der Waals surface area contributed by atoms with Crippen LogP contribution in [0.15, 0.2) is 18.2 Å². The first-order valence-electron chi connectivity index (χ1n) is 5.32. The number of urea groups is 1. The highest BCUT2D eigenvalue weighted by atomic mass is 35.5. The quantitative estimate of drug-likeness (QED) is 0.880. The Morgan fingerprint density at radius 1 is 1.53 bits per heavy atom. The van der Waals surface area contributed by atoms with Crippen molar-refractivity contribution in [1.29, 1.82) is 0 Å². The Kier molecular flexibility index (Phi) is 4.16. The molecule has 2 N–H and O–H groups in total. The van der Waals surface area contributed by atoms with E-state index in [9.17, 15) is 14.0 Å². The Morgan fingerprint density at radius 3 is 2.89 bits per heavy atom. The first kappa shape index (κ1) is 14.0. The van der Waals surface area contributed by atoms with Crippen LogP contribution in [0.5, 0.6) is 0 Å². The van der Waals surface area contributed by atoms with Crippen molar-refractivity contribution >= 4 is 41.1 Å². The Labute approximate surface area is 117 Å². The van der Waals surface area contributed by atoms with Gasteiger partial charge in [-0.25, -0.2) is 14.0 Å². The monoisotopic (exact) mass is 304 g/mol. The molecule has 0 radical (unpaired) electrons. The molecule has 2 rings (SSSR count). The highest BCUT2D eigenvalue weighted by Crippen LogP contribution is 2.24. The fraction of sp³-hybridized carbons (Fsp3) is 0.273. The van der Waals surface area contributed by atoms with Gasteiger partial charge in [-0.05, 0) is 18.2 Å². The molecule has 1 aliphatic heterocycles. The van der Waals surface area contributed by atoms with Crippen LogP contribution in [0.3, 0.4) is 0 Å². The first-order chi connectivity index (χ1) is 8.99. The van der Waals surface area contributed by atoms with Crippen LogP contribution in [0.2, 0.25) is 5.02 Å². The largest absolute Gasteiger partial charge is 0.480 e. The molecule has 1 aromatic rings. The summed E-state index contributed by atoms with van der Waals surface area (Å²) < 4.78 is 13.5. The number of hydrogen-bond acceptors (Lipinski definition) is 3. The van der Waals surface area contributed by atoms with Crippen LogP contribution in [0.25, 0.3) is 0 Å². The van der Waals surface area contributed by atoms with Crippen molar-refractivity contribution in [3.8, 4) is 0 Å². The van der Waals surface area contributed by atoms with Gasteiger partial charge in [0.1, 0.15) is 11.9 Å². The number of carbonyl (C=O) groups excluding carboxylic acids is 1. The number of nitrogens with zero attached hydrogens (tertiary/aromatic N) is 1. The van der Waals surface area contributed by atoms with Gasteiger partial charge in [0, 0.05) is 10.8 Å². The highest BCUT2D eigenvalue weighted by Gasteiger charge is 2.34. The fourth-order valence-electron chi connectivity index (χ4n) is 1.63. The SMILES string of the molecule is O=C(O)C1CSCN1C(=O)Nc1ccc(Cl)cc1F. The lowest BCUT2D eigenvalue weighted by molar-refractivity contribution is -0.140. The molecule has 0 spiro atoms. The molecular weight excluding hydrogens is 295 g/mol. The van der Waals surface area contributed by atoms with Gasteiger partial charge in [0.15, 0.2) is 0 Å². The lowest BCUT2D eigenvalue weighted by Gasteiger charge is -2.21. The van der Waals surface area contributed by atoms with E-state index in [-0.39, 0.29) is 16.6 Å². The van der Waals surface area contributed by atoms with Crippen LogP contribution in [0.4, 0.5) is 14.9 Å². The molecule has 8 heteroatoms. The van der Waals surface area contributed by atoms with Crippen molar-refractivity contribution in [2.75, 3.05) is 16.9 Å². The number of thioether (sulfide) groups is 1. The molecular formula is C11H10ClFN2O3S. The minimum Gasteiger partial charge on any atom is -0.480 e. The Morgan fingerprint density at radius 2 is 2.26 bits per heavy atom. The van der Waals surface area contributed by atoms with Crippen molar-refractivity contribution in [1.82, 2.24) is 4.90 Å². The molecule has 0 aliphatic carbocycles. The Balaban J connectivity index is 2.10. The van der Waals surface area contributed by atoms with E-state index >= 15 is 0 Å². The van der Waals surface area contributed by atoms with E-state index in [4.69, 9.17) is 16.7 Å². The second kappa shape index (κ2) is 5.66. The summed E-state index contributed by atoms with van der Waals surface area (Å²) in [5.41, 5.74) is -0.0320. The summed E-state index contributed by atoms with van der Waals surface area (Å²) in [6, 6.07) is 2.31. The number of halogens is 2. The lowest BCUT2D eigenvalue weighted by atomic mass is 10.3. The van der Waals surface area contributed by atoms with E-state index in [1.807, 2.05) is 0 Å². The molecule has 1 heterocycles. The molecule has 19 heavy (non-hydrogen) atoms. The van der Waals surface area contributed by atoms with Gasteiger partial charge in [-0.2, -0.15) is 0 Å². The van der Waals surface area contributed by atoms with E-state index in [0.717, 1.165) is 11.0 Å². The summed E-state index contributed by atoms with van der Waals surface area (Å²) in [7, 11) is 0. The van der Waals surface area contributed by atoms with Crippen molar-refractivity contribution < 1.29 is 19.1 Å². The summed E-state index contributed by atoms with van der Waals surface area (Å²) in [6.45, 7) is 0. The predicted molar refractivity (Wildman–Crippen MR) is 71.0 cm³/mol. The van der Waals surface area contributed by atoms with E-state index in [0.29, 0.717) is 5.75 Å². The van der Waals surface area contributed by atoms with E-state index in [1.165, 1.54) is 23.9 Å². The third-order valence-corrected chi connectivity index (χ3v) is 3.85. The minimum atomic E-state index is -1.07. The fourth-order valence-corrected chi connectivity index (χ4v) is 2.93. The van der Waals surface area contributed by atoms with Gasteiger partial charge in [-0.3, -0.25) is 0 Å². The molecule has 0 aromatic heterocycles. The number of aliphatic carboxylic acids is 1. The third-order valence-electron chi connectivity index (χ3n) is 2.60. The van der Waals surface area contributed by atoms with E-state index < -0.39 is 23.9 Å². The average molecular weight is 305 g/mol. The third kappa shape index (κ3) is 3.10. The Hall–Kier alpha value is -1.47. The molecule has 1 saturated heterocycles. The maximum absolute atomic E-state index is 13.5. The summed E-state index contributed by atoms with van der Waals surface area (Å²) >= 11 is 6.93. The van der Waals surface area contributed by atoms with Gasteiger partial charge in [-0.1, -0.05) is 11.6 Å². The minimum absolute atomic E-state index is 0.0320. The molecule has 1 aliphatic rings. The number of benzene rings is 1. The van der Waals surface area contributed by atoms with Crippen molar-refractivity contribution in [3.05, 3.63) is 29.0 Å². The molecule has 1 atom stereocenters. The maximum Gasteiger partial charge on any atom is 0.327 e. The van der Waals surface area contributed by atoms with Crippen LogP contribution < -0.4 is 5.32 Å². The van der Waals surface area contributed by atoms with Gasteiger partial charge in [-0.15, -0.1) is 11.8 Å². The standard InChI is InChI=1S/C11H10ClFN2O3S/c12-6-1-2-8(7(13)3-6)14-11(18)15-5-19-4-9(15)10(16)17/h1-3,9H,4-5H2,(H,14,18)(H,16,17). The Bertz CT molecular complexity index is 529. The number of rotatable bonds is 2. The number of carboxylic acids is 1. The lowest BCUT2D eigenvalue weighted by Crippen LogP contribution is -2.44. The molecule has 0 bridgehead atoms. The number of nitrogens with one attached hydrogen (secondary N) is 1. The van der Waals surface area contributed by atoms with Gasteiger partial charge in [0.25, 0.3) is 0 Å². The zero-order valence-electron chi connectivity index (χ0n) is 9.60. The number of hydrogen-bond donors (Lipinski definition) is 2. The van der Waals surface area contributed by atoms with Crippen LogP contribution >= 0.6 is 23.4 Å². The summed E-state index contributed by atoms with van der Waals surface area (Å²) in [5, 5.41) is 11.5. The molecule has 5 nitrogen and oxygen atoms in total. The summed E-state index contributed by atoms with van der Waals surface area (Å²) in [4.78, 5) is 24.0. The zero-order chi connectivity index (χ0) is 14.0. The molecule has 1 fully saturated rings. The smallest absolute Gasteiger partial charge is 0.327 e. The zero-order valence-corrected chi connectivity index (χ0v) is 11.2. The van der Waals surface area contributed by atoms with Gasteiger partial charge in [0.05, 0.1) is 11.6 Å². The second-order valence-corrected chi connectivity index (χ2v) is 5.31. The number of anilines is 1. The van der Waals surface area contributed by atoms with Crippen LogP contribution in [-0.2, 0) is 4.79 Å². The van der Waals surface area contributed by atoms with E-state index in [2.05, 4.69) is 5.32 Å². The first-order valence-corrected chi connectivity index (χ1v) is 6.85. The van der Waals surface area contributed by atoms with Gasteiger partial charge >= 0.3 is 12.0 Å². The van der Waals surface area contributed by atoms with Gasteiger partial charge < -0.3 is 15.3 Å². The highest BCUT2D eigenvalue weighted by molar-refractivity contribution is 7.99.